The van der Waals surface area contributed by atoms with E-state index >= 15 is 0 Å². The van der Waals surface area contributed by atoms with Gasteiger partial charge in [0.2, 0.25) is 12.8 Å². The number of nitrogens with zero attached hydrogens (tertiary/aromatic N) is 4. The molecule has 1 aliphatic heterocycles. The molecule has 1 unspecified atom stereocenters. The minimum Gasteiger partial charge on any atom is -0.463 e. The summed E-state index contributed by atoms with van der Waals surface area (Å²) in [6.45, 7) is 3.98. The Balaban J connectivity index is 1.83. The van der Waals surface area contributed by atoms with E-state index < -0.39 is 6.86 Å². The maximum Gasteiger partial charge on any atom is 0.246 e. The van der Waals surface area contributed by atoms with Gasteiger partial charge in [0, 0.05) is 24.7 Å². The highest BCUT2D eigenvalue weighted by Crippen LogP contribution is 2.34. The van der Waals surface area contributed by atoms with Crippen LogP contribution in [0.15, 0.2) is 55.3 Å². The number of amides is 1. The summed E-state index contributed by atoms with van der Waals surface area (Å²) in [4.78, 5) is 18.4. The second kappa shape index (κ2) is 7.80. The number of ether oxygens (including phenoxy) is 1. The minimum absolute atomic E-state index is 0.0209. The van der Waals surface area contributed by atoms with Gasteiger partial charge < -0.3 is 9.64 Å². The molecule has 0 radical (unpaired) electrons. The molecule has 0 spiro atoms. The molecule has 0 saturated carbocycles. The number of carbonyl (C=O) groups is 1. The Morgan fingerprint density at radius 2 is 2.25 bits per heavy atom. The van der Waals surface area contributed by atoms with Crippen LogP contribution in [0.5, 0.6) is 5.75 Å². The van der Waals surface area contributed by atoms with Crippen LogP contribution in [0.25, 0.3) is 22.3 Å². The molecule has 144 valence electrons. The summed E-state index contributed by atoms with van der Waals surface area (Å²) in [5.74, 6) is 0.373. The highest BCUT2D eigenvalue weighted by Gasteiger charge is 2.27. The lowest BCUT2D eigenvalue weighted by Crippen LogP contribution is -2.40. The molecule has 28 heavy (non-hydrogen) atoms. The highest BCUT2D eigenvalue weighted by atomic mass is 19.1. The fourth-order valence-electron chi connectivity index (χ4n) is 3.74. The normalized spacial score (nSPS) is 16.9. The largest absolute Gasteiger partial charge is 0.463 e. The lowest BCUT2D eigenvalue weighted by Gasteiger charge is -2.33. The first-order valence-corrected chi connectivity index (χ1v) is 9.25. The lowest BCUT2D eigenvalue weighted by molar-refractivity contribution is -0.127. The van der Waals surface area contributed by atoms with Crippen LogP contribution >= 0.6 is 0 Å². The number of benzene rings is 1. The maximum absolute atomic E-state index is 12.6. The van der Waals surface area contributed by atoms with E-state index in [2.05, 4.69) is 11.6 Å². The summed E-state index contributed by atoms with van der Waals surface area (Å²) in [5, 5.41) is 5.64. The summed E-state index contributed by atoms with van der Waals surface area (Å²) in [6.07, 6.45) is 4.87. The highest BCUT2D eigenvalue weighted by molar-refractivity contribution is 5.93. The molecule has 3 aromatic rings. The molecule has 0 N–H and O–H groups in total. The van der Waals surface area contributed by atoms with E-state index in [1.165, 1.54) is 6.08 Å². The quantitative estimate of drug-likeness (QED) is 0.633. The van der Waals surface area contributed by atoms with Gasteiger partial charge in [-0.1, -0.05) is 12.6 Å². The topological polar surface area (TPSA) is 60.2 Å². The number of fused-ring (bicyclic) bond motifs is 1. The Labute approximate surface area is 162 Å². The van der Waals surface area contributed by atoms with Crippen molar-refractivity contribution in [2.75, 3.05) is 20.0 Å². The first kappa shape index (κ1) is 18.2. The van der Waals surface area contributed by atoms with E-state index in [9.17, 15) is 9.18 Å². The van der Waals surface area contributed by atoms with Crippen molar-refractivity contribution >= 4 is 16.8 Å². The Kier molecular flexibility index (Phi) is 5.06. The molecule has 0 bridgehead atoms. The monoisotopic (exact) mass is 380 g/mol. The fraction of sp³-hybridized carbons (Fsp3) is 0.286. The summed E-state index contributed by atoms with van der Waals surface area (Å²) in [7, 11) is 0. The summed E-state index contributed by atoms with van der Waals surface area (Å²) >= 11 is 0. The summed E-state index contributed by atoms with van der Waals surface area (Å²) in [6, 6.07) is 11.0. The third kappa shape index (κ3) is 3.35. The maximum atomic E-state index is 12.6. The molecule has 1 aliphatic rings. The van der Waals surface area contributed by atoms with Gasteiger partial charge in [-0.3, -0.25) is 14.5 Å². The van der Waals surface area contributed by atoms with E-state index in [-0.39, 0.29) is 11.9 Å². The van der Waals surface area contributed by atoms with Crippen LogP contribution in [-0.2, 0) is 4.79 Å². The Morgan fingerprint density at radius 1 is 1.36 bits per heavy atom. The standard InChI is InChI=1S/C21H21FN4O2/c1-2-20(27)25-11-5-6-15(13-25)26-21(19-7-3-4-10-23-19)17-12-16(28-14-22)8-9-18(17)24-26/h2-4,7-10,12,15H,1,5-6,11,13-14H2. The van der Waals surface area contributed by atoms with Gasteiger partial charge in [0.15, 0.2) is 0 Å². The van der Waals surface area contributed by atoms with Crippen LogP contribution in [0, 0.1) is 0 Å². The number of likely N-dealkylation sites (tertiary alicyclic amines) is 1. The second-order valence-electron chi connectivity index (χ2n) is 6.72. The molecule has 1 amide bonds. The van der Waals surface area contributed by atoms with Crippen LogP contribution in [0.4, 0.5) is 4.39 Å². The number of hydrogen-bond donors (Lipinski definition) is 0. The van der Waals surface area contributed by atoms with Crippen LogP contribution in [0.3, 0.4) is 0 Å². The van der Waals surface area contributed by atoms with E-state index in [4.69, 9.17) is 9.84 Å². The molecular weight excluding hydrogens is 359 g/mol. The number of aromatic nitrogens is 3. The third-order valence-corrected chi connectivity index (χ3v) is 5.03. The molecule has 4 rings (SSSR count). The minimum atomic E-state index is -0.889. The van der Waals surface area contributed by atoms with E-state index in [1.807, 2.05) is 28.9 Å². The lowest BCUT2D eigenvalue weighted by atomic mass is 10.0. The molecule has 1 fully saturated rings. The molecule has 1 saturated heterocycles. The number of piperidine rings is 1. The Hall–Kier alpha value is -3.22. The van der Waals surface area contributed by atoms with Crippen molar-refractivity contribution in [2.45, 2.75) is 18.9 Å². The zero-order valence-corrected chi connectivity index (χ0v) is 15.4. The number of rotatable bonds is 5. The molecule has 0 aliphatic carbocycles. The summed E-state index contributed by atoms with van der Waals surface area (Å²) in [5.41, 5.74) is 2.39. The number of hydrogen-bond acceptors (Lipinski definition) is 4. The van der Waals surface area contributed by atoms with Crippen molar-refractivity contribution in [3.63, 3.8) is 0 Å². The van der Waals surface area contributed by atoms with E-state index in [0.717, 1.165) is 41.7 Å². The molecule has 1 atom stereocenters. The van der Waals surface area contributed by atoms with Crippen LogP contribution in [0.1, 0.15) is 18.9 Å². The predicted octanol–water partition coefficient (Wildman–Crippen LogP) is 3.75. The third-order valence-electron chi connectivity index (χ3n) is 5.03. The number of halogens is 1. The van der Waals surface area contributed by atoms with Crippen molar-refractivity contribution in [2.24, 2.45) is 0 Å². The average molecular weight is 380 g/mol. The van der Waals surface area contributed by atoms with E-state index in [1.54, 1.807) is 23.2 Å². The van der Waals surface area contributed by atoms with Gasteiger partial charge in [0.1, 0.15) is 5.75 Å². The van der Waals surface area contributed by atoms with Gasteiger partial charge in [-0.05, 0) is 49.2 Å². The molecule has 2 aromatic heterocycles. The molecule has 6 nitrogen and oxygen atoms in total. The van der Waals surface area contributed by atoms with Crippen LogP contribution in [0.2, 0.25) is 0 Å². The first-order valence-electron chi connectivity index (χ1n) is 9.25. The van der Waals surface area contributed by atoms with Crippen LogP contribution < -0.4 is 4.74 Å². The van der Waals surface area contributed by atoms with Crippen molar-refractivity contribution in [3.05, 3.63) is 55.3 Å². The molecular formula is C21H21FN4O2. The first-order chi connectivity index (χ1) is 13.7. The Morgan fingerprint density at radius 3 is 3.00 bits per heavy atom. The second-order valence-corrected chi connectivity index (χ2v) is 6.72. The molecule has 1 aromatic carbocycles. The van der Waals surface area contributed by atoms with Gasteiger partial charge in [-0.15, -0.1) is 0 Å². The van der Waals surface area contributed by atoms with Gasteiger partial charge in [0.25, 0.3) is 0 Å². The number of alkyl halides is 1. The Bertz CT molecular complexity index is 1000. The molecule has 3 heterocycles. The van der Waals surface area contributed by atoms with E-state index in [0.29, 0.717) is 12.3 Å². The van der Waals surface area contributed by atoms with Crippen LogP contribution in [-0.4, -0.2) is 45.5 Å². The fourth-order valence-corrected chi connectivity index (χ4v) is 3.74. The van der Waals surface area contributed by atoms with Gasteiger partial charge >= 0.3 is 0 Å². The zero-order valence-electron chi connectivity index (χ0n) is 15.4. The zero-order chi connectivity index (χ0) is 19.5. The van der Waals surface area contributed by atoms with Crippen molar-refractivity contribution in [1.82, 2.24) is 19.7 Å². The van der Waals surface area contributed by atoms with Crippen molar-refractivity contribution < 1.29 is 13.9 Å². The predicted molar refractivity (Wildman–Crippen MR) is 105 cm³/mol. The smallest absolute Gasteiger partial charge is 0.246 e. The number of pyridine rings is 1. The van der Waals surface area contributed by atoms with Crippen molar-refractivity contribution in [1.29, 1.82) is 0 Å². The van der Waals surface area contributed by atoms with Crippen molar-refractivity contribution in [3.8, 4) is 17.1 Å². The number of carbonyl (C=O) groups excluding carboxylic acids is 1. The average Bonchev–Trinajstić information content (AvgIpc) is 3.13. The SMILES string of the molecule is C=CC(=O)N1CCCC(n2nc3ccc(OCF)cc3c2-c2ccccn2)C1. The van der Waals surface area contributed by atoms with Gasteiger partial charge in [-0.2, -0.15) is 5.10 Å². The summed E-state index contributed by atoms with van der Waals surface area (Å²) < 4.78 is 19.6. The molecule has 7 heteroatoms. The van der Waals surface area contributed by atoms with Gasteiger partial charge in [-0.25, -0.2) is 4.39 Å². The van der Waals surface area contributed by atoms with Gasteiger partial charge in [0.05, 0.1) is 22.9 Å².